The van der Waals surface area contributed by atoms with E-state index in [0.29, 0.717) is 13.1 Å². The summed E-state index contributed by atoms with van der Waals surface area (Å²) in [5.41, 5.74) is -0.482. The van der Waals surface area contributed by atoms with Gasteiger partial charge in [0.2, 0.25) is 5.91 Å². The van der Waals surface area contributed by atoms with Gasteiger partial charge in [-0.15, -0.1) is 0 Å². The lowest BCUT2D eigenvalue weighted by molar-refractivity contribution is -0.128. The van der Waals surface area contributed by atoms with Crippen molar-refractivity contribution in [2.75, 3.05) is 26.2 Å². The Labute approximate surface area is 111 Å². The van der Waals surface area contributed by atoms with Crippen molar-refractivity contribution in [2.24, 2.45) is 10.4 Å². The summed E-state index contributed by atoms with van der Waals surface area (Å²) in [5.74, 6) is 0.816. The van der Waals surface area contributed by atoms with E-state index in [1.807, 2.05) is 27.7 Å². The van der Waals surface area contributed by atoms with Gasteiger partial charge >= 0.3 is 0 Å². The van der Waals surface area contributed by atoms with Crippen molar-refractivity contribution < 1.29 is 4.79 Å². The van der Waals surface area contributed by atoms with Crippen LogP contribution in [0.25, 0.3) is 0 Å². The first-order valence-electron chi connectivity index (χ1n) is 6.78. The summed E-state index contributed by atoms with van der Waals surface area (Å²) in [7, 11) is 0. The highest BCUT2D eigenvalue weighted by atomic mass is 16.2. The van der Waals surface area contributed by atoms with E-state index in [9.17, 15) is 4.79 Å². The van der Waals surface area contributed by atoms with Gasteiger partial charge in [-0.25, -0.2) is 0 Å². The number of hydrogen-bond acceptors (Lipinski definition) is 2. The normalized spacial score (nSPS) is 12.2. The maximum atomic E-state index is 11.8. The molecule has 1 amide bonds. The molecule has 5 nitrogen and oxygen atoms in total. The number of rotatable bonds is 7. The fourth-order valence-corrected chi connectivity index (χ4v) is 1.33. The summed E-state index contributed by atoms with van der Waals surface area (Å²) in [6.07, 6.45) is 1.05. The van der Waals surface area contributed by atoms with Crippen LogP contribution >= 0.6 is 0 Å². The lowest BCUT2D eigenvalue weighted by Gasteiger charge is -2.21. The van der Waals surface area contributed by atoms with Crippen molar-refractivity contribution in [3.05, 3.63) is 0 Å². The van der Waals surface area contributed by atoms with Crippen LogP contribution in [0.5, 0.6) is 0 Å². The molecule has 106 valence electrons. The number of amides is 1. The zero-order chi connectivity index (χ0) is 14.0. The molecule has 0 aliphatic heterocycles. The van der Waals surface area contributed by atoms with Crippen molar-refractivity contribution >= 4 is 11.9 Å². The lowest BCUT2D eigenvalue weighted by atomic mass is 9.92. The average molecular weight is 256 g/mol. The second-order valence-electron chi connectivity index (χ2n) is 4.87. The number of guanidine groups is 1. The summed E-state index contributed by atoms with van der Waals surface area (Å²) >= 11 is 0. The van der Waals surface area contributed by atoms with Gasteiger partial charge in [-0.2, -0.15) is 0 Å². The molecule has 0 atom stereocenters. The molecule has 0 aliphatic rings. The van der Waals surface area contributed by atoms with Gasteiger partial charge < -0.3 is 16.0 Å². The first-order valence-corrected chi connectivity index (χ1v) is 6.78. The SMILES string of the molecule is CCCNC(=NCC(C)(C)C(=O)NCC)NCC. The monoisotopic (exact) mass is 256 g/mol. The van der Waals surface area contributed by atoms with Crippen LogP contribution in [0.15, 0.2) is 4.99 Å². The molecule has 0 aromatic carbocycles. The van der Waals surface area contributed by atoms with E-state index >= 15 is 0 Å². The molecule has 0 aromatic heterocycles. The Morgan fingerprint density at radius 2 is 1.67 bits per heavy atom. The molecule has 5 heteroatoms. The van der Waals surface area contributed by atoms with Gasteiger partial charge in [0.15, 0.2) is 5.96 Å². The molecule has 0 saturated carbocycles. The van der Waals surface area contributed by atoms with Crippen LogP contribution in [0.1, 0.15) is 41.0 Å². The summed E-state index contributed by atoms with van der Waals surface area (Å²) < 4.78 is 0. The maximum absolute atomic E-state index is 11.8. The van der Waals surface area contributed by atoms with E-state index in [4.69, 9.17) is 0 Å². The van der Waals surface area contributed by atoms with Crippen LogP contribution in [0, 0.1) is 5.41 Å². The van der Waals surface area contributed by atoms with Gasteiger partial charge in [0, 0.05) is 19.6 Å². The first-order chi connectivity index (χ1) is 8.47. The molecule has 0 fully saturated rings. The molecular weight excluding hydrogens is 228 g/mol. The van der Waals surface area contributed by atoms with Gasteiger partial charge in [-0.05, 0) is 34.1 Å². The molecule has 0 radical (unpaired) electrons. The second-order valence-corrected chi connectivity index (χ2v) is 4.87. The topological polar surface area (TPSA) is 65.5 Å². The lowest BCUT2D eigenvalue weighted by Crippen LogP contribution is -2.41. The molecule has 0 aliphatic carbocycles. The van der Waals surface area contributed by atoms with Crippen molar-refractivity contribution in [1.29, 1.82) is 0 Å². The smallest absolute Gasteiger partial charge is 0.227 e. The van der Waals surface area contributed by atoms with E-state index in [1.54, 1.807) is 0 Å². The zero-order valence-corrected chi connectivity index (χ0v) is 12.4. The van der Waals surface area contributed by atoms with Crippen LogP contribution in [-0.2, 0) is 4.79 Å². The van der Waals surface area contributed by atoms with Gasteiger partial charge in [0.05, 0.1) is 12.0 Å². The third-order valence-corrected chi connectivity index (χ3v) is 2.47. The van der Waals surface area contributed by atoms with E-state index in [-0.39, 0.29) is 5.91 Å². The number of carbonyl (C=O) groups is 1. The van der Waals surface area contributed by atoms with Crippen LogP contribution < -0.4 is 16.0 Å². The number of hydrogen-bond donors (Lipinski definition) is 3. The van der Waals surface area contributed by atoms with Gasteiger partial charge in [0.25, 0.3) is 0 Å². The Morgan fingerprint density at radius 3 is 2.17 bits per heavy atom. The fraction of sp³-hybridized carbons (Fsp3) is 0.846. The number of nitrogens with one attached hydrogen (secondary N) is 3. The zero-order valence-electron chi connectivity index (χ0n) is 12.4. The van der Waals surface area contributed by atoms with E-state index in [2.05, 4.69) is 27.9 Å². The minimum atomic E-state index is -0.482. The Kier molecular flexibility index (Phi) is 8.16. The van der Waals surface area contributed by atoms with Crippen LogP contribution in [0.2, 0.25) is 0 Å². The molecule has 0 spiro atoms. The van der Waals surface area contributed by atoms with Gasteiger partial charge in [0.1, 0.15) is 0 Å². The van der Waals surface area contributed by atoms with E-state index in [1.165, 1.54) is 0 Å². The largest absolute Gasteiger partial charge is 0.357 e. The third-order valence-electron chi connectivity index (χ3n) is 2.47. The molecule has 3 N–H and O–H groups in total. The Hall–Kier alpha value is -1.26. The highest BCUT2D eigenvalue weighted by Gasteiger charge is 2.26. The predicted octanol–water partition coefficient (Wildman–Crippen LogP) is 1.11. The highest BCUT2D eigenvalue weighted by molar-refractivity contribution is 5.83. The number of aliphatic imine (C=N–C) groups is 1. The average Bonchev–Trinajstić information content (AvgIpc) is 2.33. The minimum absolute atomic E-state index is 0.0417. The molecule has 18 heavy (non-hydrogen) atoms. The van der Waals surface area contributed by atoms with Crippen LogP contribution in [-0.4, -0.2) is 38.0 Å². The van der Waals surface area contributed by atoms with Gasteiger partial charge in [-0.1, -0.05) is 6.92 Å². The number of carbonyl (C=O) groups excluding carboxylic acids is 1. The molecule has 0 unspecified atom stereocenters. The highest BCUT2D eigenvalue weighted by Crippen LogP contribution is 2.15. The van der Waals surface area contributed by atoms with E-state index < -0.39 is 5.41 Å². The maximum Gasteiger partial charge on any atom is 0.227 e. The Balaban J connectivity index is 4.47. The van der Waals surface area contributed by atoms with Crippen molar-refractivity contribution in [3.8, 4) is 0 Å². The third kappa shape index (κ3) is 6.47. The Bertz CT molecular complexity index is 274. The fourth-order valence-electron chi connectivity index (χ4n) is 1.33. The Morgan fingerprint density at radius 1 is 1.06 bits per heavy atom. The predicted molar refractivity (Wildman–Crippen MR) is 76.7 cm³/mol. The first kappa shape index (κ1) is 16.7. The summed E-state index contributed by atoms with van der Waals surface area (Å²) in [6.45, 7) is 12.7. The van der Waals surface area contributed by atoms with E-state index in [0.717, 1.165) is 25.5 Å². The summed E-state index contributed by atoms with van der Waals surface area (Å²) in [4.78, 5) is 16.3. The molecule has 0 aromatic rings. The molecule has 0 saturated heterocycles. The molecule has 0 bridgehead atoms. The van der Waals surface area contributed by atoms with Crippen molar-refractivity contribution in [3.63, 3.8) is 0 Å². The number of nitrogens with zero attached hydrogens (tertiary/aromatic N) is 1. The molecular formula is C13H28N4O. The van der Waals surface area contributed by atoms with Crippen LogP contribution in [0.3, 0.4) is 0 Å². The minimum Gasteiger partial charge on any atom is -0.357 e. The summed E-state index contributed by atoms with van der Waals surface area (Å²) in [5, 5.41) is 9.22. The van der Waals surface area contributed by atoms with Crippen molar-refractivity contribution in [2.45, 2.75) is 41.0 Å². The standard InChI is InChI=1S/C13H28N4O/c1-6-9-16-12(15-8-3)17-10-13(4,5)11(18)14-7-2/h6-10H2,1-5H3,(H,14,18)(H2,15,16,17). The van der Waals surface area contributed by atoms with Crippen molar-refractivity contribution in [1.82, 2.24) is 16.0 Å². The quantitative estimate of drug-likeness (QED) is 0.472. The van der Waals surface area contributed by atoms with Crippen LogP contribution in [0.4, 0.5) is 0 Å². The molecule has 0 heterocycles. The summed E-state index contributed by atoms with van der Waals surface area (Å²) in [6, 6.07) is 0. The molecule has 0 rings (SSSR count). The second kappa shape index (κ2) is 8.78. The van der Waals surface area contributed by atoms with Gasteiger partial charge in [-0.3, -0.25) is 9.79 Å².